The van der Waals surface area contributed by atoms with E-state index in [9.17, 15) is 10.2 Å². The first kappa shape index (κ1) is 18.9. The molecule has 1 fully saturated rings. The zero-order valence-corrected chi connectivity index (χ0v) is 15.9. The van der Waals surface area contributed by atoms with Crippen molar-refractivity contribution in [2.24, 2.45) is 11.3 Å². The highest BCUT2D eigenvalue weighted by atomic mass is 16.5. The number of aliphatic hydroxyl groups excluding tert-OH is 2. The van der Waals surface area contributed by atoms with Gasteiger partial charge in [0, 0.05) is 12.0 Å². The Bertz CT molecular complexity index is 783. The maximum atomic E-state index is 9.98. The highest BCUT2D eigenvalue weighted by Gasteiger charge is 2.55. The third-order valence-electron chi connectivity index (χ3n) is 6.01. The van der Waals surface area contributed by atoms with Crippen LogP contribution in [-0.2, 0) is 10.3 Å². The van der Waals surface area contributed by atoms with Gasteiger partial charge in [0.1, 0.15) is 5.60 Å². The van der Waals surface area contributed by atoms with Crippen LogP contribution >= 0.6 is 0 Å². The smallest absolute Gasteiger partial charge is 0.143 e. The average Bonchev–Trinajstić information content (AvgIpc) is 3.50. The first-order valence-electron chi connectivity index (χ1n) is 9.77. The van der Waals surface area contributed by atoms with E-state index in [-0.39, 0.29) is 24.5 Å². The molecular formula is C25H26O3. The summed E-state index contributed by atoms with van der Waals surface area (Å²) in [6.07, 6.45) is 0.786. The van der Waals surface area contributed by atoms with Gasteiger partial charge in [-0.05, 0) is 29.0 Å². The van der Waals surface area contributed by atoms with Crippen molar-refractivity contribution in [3.63, 3.8) is 0 Å². The monoisotopic (exact) mass is 374 g/mol. The summed E-state index contributed by atoms with van der Waals surface area (Å²) in [6, 6.07) is 30.7. The fourth-order valence-corrected chi connectivity index (χ4v) is 4.13. The van der Waals surface area contributed by atoms with Crippen LogP contribution in [0.4, 0.5) is 0 Å². The molecule has 3 heteroatoms. The van der Waals surface area contributed by atoms with Crippen molar-refractivity contribution in [3.05, 3.63) is 108 Å². The number of aliphatic hydroxyl groups is 2. The third kappa shape index (κ3) is 3.26. The minimum atomic E-state index is -0.783. The molecule has 28 heavy (non-hydrogen) atoms. The van der Waals surface area contributed by atoms with Crippen LogP contribution < -0.4 is 0 Å². The van der Waals surface area contributed by atoms with Crippen LogP contribution in [-0.4, -0.2) is 30.0 Å². The molecule has 3 aromatic rings. The van der Waals surface area contributed by atoms with Crippen LogP contribution in [0.1, 0.15) is 23.1 Å². The Kier molecular flexibility index (Phi) is 5.31. The molecule has 1 aliphatic rings. The van der Waals surface area contributed by atoms with E-state index in [2.05, 4.69) is 36.4 Å². The first-order chi connectivity index (χ1) is 13.7. The lowest BCUT2D eigenvalue weighted by molar-refractivity contribution is -0.0324. The summed E-state index contributed by atoms with van der Waals surface area (Å²) in [5.74, 6) is 0.0949. The summed E-state index contributed by atoms with van der Waals surface area (Å²) in [5.41, 5.74) is 1.98. The number of rotatable bonds is 8. The largest absolute Gasteiger partial charge is 0.396 e. The number of hydrogen-bond acceptors (Lipinski definition) is 3. The molecule has 3 aromatic carbocycles. The lowest BCUT2D eigenvalue weighted by atomic mass is 9.80. The molecule has 2 N–H and O–H groups in total. The van der Waals surface area contributed by atoms with Gasteiger partial charge in [-0.15, -0.1) is 0 Å². The van der Waals surface area contributed by atoms with Crippen LogP contribution in [0.3, 0.4) is 0 Å². The summed E-state index contributed by atoms with van der Waals surface area (Å²) in [6.45, 7) is 0.485. The Morgan fingerprint density at radius 3 is 1.50 bits per heavy atom. The van der Waals surface area contributed by atoms with Gasteiger partial charge in [0.2, 0.25) is 0 Å². The molecule has 4 rings (SSSR count). The Morgan fingerprint density at radius 1 is 0.750 bits per heavy atom. The maximum absolute atomic E-state index is 9.98. The molecule has 144 valence electrons. The lowest BCUT2D eigenvalue weighted by Crippen LogP contribution is -2.36. The van der Waals surface area contributed by atoms with Crippen LogP contribution in [0.5, 0.6) is 0 Å². The number of ether oxygens (including phenoxy) is 1. The molecule has 0 aromatic heterocycles. The molecule has 0 bridgehead atoms. The fourth-order valence-electron chi connectivity index (χ4n) is 4.13. The van der Waals surface area contributed by atoms with E-state index >= 15 is 0 Å². The molecule has 0 amide bonds. The molecular weight excluding hydrogens is 348 g/mol. The number of hydrogen-bond donors (Lipinski definition) is 2. The highest BCUT2D eigenvalue weighted by molar-refractivity contribution is 5.47. The van der Waals surface area contributed by atoms with E-state index in [0.717, 1.165) is 23.1 Å². The predicted octanol–water partition coefficient (Wildman–Crippen LogP) is 3.99. The zero-order valence-electron chi connectivity index (χ0n) is 15.9. The summed E-state index contributed by atoms with van der Waals surface area (Å²) in [7, 11) is 0. The predicted molar refractivity (Wildman–Crippen MR) is 110 cm³/mol. The Labute approximate surface area is 166 Å². The van der Waals surface area contributed by atoms with E-state index in [4.69, 9.17) is 4.74 Å². The maximum Gasteiger partial charge on any atom is 0.143 e. The Balaban J connectivity index is 1.84. The third-order valence-corrected chi connectivity index (χ3v) is 6.01. The molecule has 1 aliphatic carbocycles. The summed E-state index contributed by atoms with van der Waals surface area (Å²) >= 11 is 0. The fraction of sp³-hybridized carbons (Fsp3) is 0.280. The molecule has 1 saturated carbocycles. The summed E-state index contributed by atoms with van der Waals surface area (Å²) in [4.78, 5) is 0. The van der Waals surface area contributed by atoms with E-state index < -0.39 is 5.60 Å². The van der Waals surface area contributed by atoms with Crippen molar-refractivity contribution in [2.75, 3.05) is 19.8 Å². The second-order valence-corrected chi connectivity index (χ2v) is 7.67. The quantitative estimate of drug-likeness (QED) is 0.586. The van der Waals surface area contributed by atoms with Crippen molar-refractivity contribution in [2.45, 2.75) is 12.0 Å². The van der Waals surface area contributed by atoms with Gasteiger partial charge in [0.05, 0.1) is 13.2 Å². The Hall–Kier alpha value is -2.46. The first-order valence-corrected chi connectivity index (χ1v) is 9.77. The zero-order chi connectivity index (χ0) is 19.5. The summed E-state index contributed by atoms with van der Waals surface area (Å²) < 4.78 is 6.77. The second-order valence-electron chi connectivity index (χ2n) is 7.67. The molecule has 0 spiro atoms. The van der Waals surface area contributed by atoms with Crippen molar-refractivity contribution in [3.8, 4) is 0 Å². The van der Waals surface area contributed by atoms with Gasteiger partial charge in [-0.2, -0.15) is 0 Å². The van der Waals surface area contributed by atoms with E-state index in [1.54, 1.807) is 0 Å². The minimum absolute atomic E-state index is 0.0205. The van der Waals surface area contributed by atoms with Crippen LogP contribution in [0.15, 0.2) is 91.0 Å². The van der Waals surface area contributed by atoms with Gasteiger partial charge in [0.25, 0.3) is 0 Å². The average molecular weight is 374 g/mol. The minimum Gasteiger partial charge on any atom is -0.396 e. The van der Waals surface area contributed by atoms with Gasteiger partial charge in [-0.3, -0.25) is 0 Å². The molecule has 0 saturated heterocycles. The molecule has 3 nitrogen and oxygen atoms in total. The Morgan fingerprint density at radius 2 is 1.18 bits per heavy atom. The highest BCUT2D eigenvalue weighted by Crippen LogP contribution is 2.54. The van der Waals surface area contributed by atoms with Crippen molar-refractivity contribution in [1.82, 2.24) is 0 Å². The van der Waals surface area contributed by atoms with Crippen molar-refractivity contribution < 1.29 is 14.9 Å². The lowest BCUT2D eigenvalue weighted by Gasteiger charge is -2.37. The van der Waals surface area contributed by atoms with Crippen molar-refractivity contribution in [1.29, 1.82) is 0 Å². The molecule has 2 atom stereocenters. The molecule has 0 unspecified atom stereocenters. The van der Waals surface area contributed by atoms with Gasteiger partial charge in [-0.25, -0.2) is 0 Å². The van der Waals surface area contributed by atoms with E-state index in [1.165, 1.54) is 0 Å². The van der Waals surface area contributed by atoms with Gasteiger partial charge >= 0.3 is 0 Å². The van der Waals surface area contributed by atoms with Crippen LogP contribution in [0.2, 0.25) is 0 Å². The topological polar surface area (TPSA) is 49.7 Å². The standard InChI is InChI=1S/C25H26O3/c26-17-23-16-24(23,18-27)19-28-25(20-10-4-1-5-11-20,21-12-6-2-7-13-21)22-14-8-3-9-15-22/h1-15,23,26-27H,16-19H2/t23-,24+/m0/s1. The molecule has 0 heterocycles. The molecule has 0 radical (unpaired) electrons. The van der Waals surface area contributed by atoms with Gasteiger partial charge in [-0.1, -0.05) is 91.0 Å². The van der Waals surface area contributed by atoms with Crippen LogP contribution in [0, 0.1) is 11.3 Å². The van der Waals surface area contributed by atoms with Crippen molar-refractivity contribution >= 4 is 0 Å². The second kappa shape index (κ2) is 7.88. The SMILES string of the molecule is OC[C@@H]1C[C@@]1(CO)COC(c1ccccc1)(c1ccccc1)c1ccccc1. The normalized spacial score (nSPS) is 21.4. The molecule has 0 aliphatic heterocycles. The van der Waals surface area contributed by atoms with Gasteiger partial charge in [0.15, 0.2) is 0 Å². The van der Waals surface area contributed by atoms with E-state index in [0.29, 0.717) is 6.61 Å². The van der Waals surface area contributed by atoms with Gasteiger partial charge < -0.3 is 14.9 Å². The van der Waals surface area contributed by atoms with Crippen LogP contribution in [0.25, 0.3) is 0 Å². The summed E-state index contributed by atoms with van der Waals surface area (Å²) in [5, 5.41) is 19.6. The number of benzene rings is 3. The van der Waals surface area contributed by atoms with E-state index in [1.807, 2.05) is 54.6 Å².